The van der Waals surface area contributed by atoms with Crippen molar-refractivity contribution in [3.05, 3.63) is 63.6 Å². The van der Waals surface area contributed by atoms with Crippen molar-refractivity contribution in [1.29, 1.82) is 0 Å². The fraction of sp³-hybridized carbons (Fsp3) is 0.188. The van der Waals surface area contributed by atoms with Crippen LogP contribution in [0.15, 0.2) is 53.0 Å². The van der Waals surface area contributed by atoms with Crippen molar-refractivity contribution in [3.63, 3.8) is 0 Å². The zero-order chi connectivity index (χ0) is 15.4. The largest absolute Gasteiger partial charge is 0.480 e. The lowest BCUT2D eigenvalue weighted by Crippen LogP contribution is -2.32. The molecule has 3 nitrogen and oxygen atoms in total. The molecule has 0 heterocycles. The first-order valence-electron chi connectivity index (χ1n) is 6.47. The number of carboxylic acids is 1. The van der Waals surface area contributed by atoms with Crippen LogP contribution < -0.4 is 4.90 Å². The van der Waals surface area contributed by atoms with E-state index in [1.165, 1.54) is 0 Å². The van der Waals surface area contributed by atoms with Gasteiger partial charge in [-0.2, -0.15) is 0 Å². The summed E-state index contributed by atoms with van der Waals surface area (Å²) in [6.07, 6.45) is 0. The molecular weight excluding hydrogens is 354 g/mol. The number of nitrogens with zero attached hydrogens (tertiary/aromatic N) is 1. The van der Waals surface area contributed by atoms with Crippen LogP contribution in [-0.4, -0.2) is 17.6 Å². The maximum Gasteiger partial charge on any atom is 0.323 e. The first-order chi connectivity index (χ1) is 9.97. The van der Waals surface area contributed by atoms with Crippen LogP contribution in [0.5, 0.6) is 0 Å². The number of carbonyl (C=O) groups is 1. The van der Waals surface area contributed by atoms with E-state index in [1.807, 2.05) is 48.2 Å². The molecule has 2 rings (SSSR count). The summed E-state index contributed by atoms with van der Waals surface area (Å²) in [7, 11) is 0. The Bertz CT molecular complexity index is 630. The summed E-state index contributed by atoms with van der Waals surface area (Å²) in [5.41, 5.74) is 1.87. The Kier molecular flexibility index (Phi) is 5.26. The Morgan fingerprint density at radius 2 is 1.95 bits per heavy atom. The van der Waals surface area contributed by atoms with Gasteiger partial charge in [0.15, 0.2) is 0 Å². The minimum Gasteiger partial charge on any atom is -0.480 e. The molecule has 0 bridgehead atoms. The molecule has 2 aromatic rings. The summed E-state index contributed by atoms with van der Waals surface area (Å²) < 4.78 is 0.971. The fourth-order valence-electron chi connectivity index (χ4n) is 2.18. The van der Waals surface area contributed by atoms with Crippen molar-refractivity contribution in [2.75, 3.05) is 11.4 Å². The van der Waals surface area contributed by atoms with Gasteiger partial charge in [-0.1, -0.05) is 39.7 Å². The average Bonchev–Trinajstić information content (AvgIpc) is 2.45. The van der Waals surface area contributed by atoms with Crippen molar-refractivity contribution < 1.29 is 9.90 Å². The minimum atomic E-state index is -0.869. The zero-order valence-electron chi connectivity index (χ0n) is 11.5. The van der Waals surface area contributed by atoms with Crippen LogP contribution in [-0.2, 0) is 4.79 Å². The lowest BCUT2D eigenvalue weighted by molar-refractivity contribution is -0.135. The number of rotatable bonds is 5. The first-order valence-corrected chi connectivity index (χ1v) is 7.64. The predicted octanol–water partition coefficient (Wildman–Crippen LogP) is 4.75. The molecule has 1 unspecified atom stereocenters. The van der Waals surface area contributed by atoms with E-state index in [1.54, 1.807) is 12.1 Å². The molecule has 0 amide bonds. The standard InChI is InChI=1S/C16H15BrClNO2/c1-11(12-3-2-4-13(17)9-12)19(10-16(20)21)15-7-5-14(18)6-8-15/h2-9,11H,10H2,1H3,(H,20,21). The van der Waals surface area contributed by atoms with Gasteiger partial charge in [-0.15, -0.1) is 0 Å². The summed E-state index contributed by atoms with van der Waals surface area (Å²) in [5, 5.41) is 9.80. The highest BCUT2D eigenvalue weighted by atomic mass is 79.9. The van der Waals surface area contributed by atoms with Gasteiger partial charge in [-0.25, -0.2) is 0 Å². The third-order valence-electron chi connectivity index (χ3n) is 3.26. The molecular formula is C16H15BrClNO2. The number of hydrogen-bond acceptors (Lipinski definition) is 2. The molecule has 0 aliphatic rings. The molecule has 5 heteroatoms. The Morgan fingerprint density at radius 3 is 2.52 bits per heavy atom. The fourth-order valence-corrected chi connectivity index (χ4v) is 2.72. The third kappa shape index (κ3) is 4.22. The van der Waals surface area contributed by atoms with Crippen LogP contribution in [0.2, 0.25) is 5.02 Å². The molecule has 2 aromatic carbocycles. The number of hydrogen-bond donors (Lipinski definition) is 1. The van der Waals surface area contributed by atoms with Gasteiger partial charge in [0.1, 0.15) is 6.54 Å². The highest BCUT2D eigenvalue weighted by Gasteiger charge is 2.19. The van der Waals surface area contributed by atoms with Crippen LogP contribution >= 0.6 is 27.5 Å². The Labute approximate surface area is 137 Å². The molecule has 0 aromatic heterocycles. The summed E-state index contributed by atoms with van der Waals surface area (Å²) in [6, 6.07) is 15.0. The van der Waals surface area contributed by atoms with Crippen LogP contribution in [0.1, 0.15) is 18.5 Å². The van der Waals surface area contributed by atoms with E-state index in [0.29, 0.717) is 5.02 Å². The molecule has 21 heavy (non-hydrogen) atoms. The molecule has 1 atom stereocenters. The maximum absolute atomic E-state index is 11.2. The molecule has 0 aliphatic carbocycles. The average molecular weight is 369 g/mol. The molecule has 0 saturated heterocycles. The van der Waals surface area contributed by atoms with Crippen molar-refractivity contribution in [3.8, 4) is 0 Å². The second-order valence-corrected chi connectivity index (χ2v) is 6.08. The van der Waals surface area contributed by atoms with E-state index in [-0.39, 0.29) is 12.6 Å². The molecule has 0 aliphatic heterocycles. The van der Waals surface area contributed by atoms with Crippen LogP contribution in [0.4, 0.5) is 5.69 Å². The van der Waals surface area contributed by atoms with Crippen LogP contribution in [0.25, 0.3) is 0 Å². The van der Waals surface area contributed by atoms with Crippen molar-refractivity contribution in [2.24, 2.45) is 0 Å². The Balaban J connectivity index is 2.35. The van der Waals surface area contributed by atoms with E-state index in [4.69, 9.17) is 11.6 Å². The minimum absolute atomic E-state index is 0.0697. The molecule has 0 radical (unpaired) electrons. The quantitative estimate of drug-likeness (QED) is 0.827. The third-order valence-corrected chi connectivity index (χ3v) is 4.01. The van der Waals surface area contributed by atoms with Gasteiger partial charge in [0.05, 0.1) is 6.04 Å². The van der Waals surface area contributed by atoms with E-state index in [9.17, 15) is 9.90 Å². The van der Waals surface area contributed by atoms with E-state index in [0.717, 1.165) is 15.7 Å². The van der Waals surface area contributed by atoms with E-state index >= 15 is 0 Å². The van der Waals surface area contributed by atoms with Crippen molar-refractivity contribution in [2.45, 2.75) is 13.0 Å². The monoisotopic (exact) mass is 367 g/mol. The molecule has 0 fully saturated rings. The Morgan fingerprint density at radius 1 is 1.29 bits per heavy atom. The second kappa shape index (κ2) is 6.96. The van der Waals surface area contributed by atoms with Crippen molar-refractivity contribution in [1.82, 2.24) is 0 Å². The van der Waals surface area contributed by atoms with Crippen molar-refractivity contribution >= 4 is 39.2 Å². The summed E-state index contributed by atoms with van der Waals surface area (Å²) in [5.74, 6) is -0.869. The summed E-state index contributed by atoms with van der Waals surface area (Å²) in [6.45, 7) is 1.91. The lowest BCUT2D eigenvalue weighted by atomic mass is 10.1. The smallest absolute Gasteiger partial charge is 0.323 e. The maximum atomic E-state index is 11.2. The number of carboxylic acid groups (broad SMARTS) is 1. The number of anilines is 1. The molecule has 0 spiro atoms. The first kappa shape index (κ1) is 15.9. The van der Waals surface area contributed by atoms with Gasteiger partial charge in [-0.05, 0) is 48.9 Å². The van der Waals surface area contributed by atoms with Gasteiger partial charge < -0.3 is 10.0 Å². The van der Waals surface area contributed by atoms with E-state index in [2.05, 4.69) is 15.9 Å². The number of aliphatic carboxylic acids is 1. The van der Waals surface area contributed by atoms with Crippen LogP contribution in [0.3, 0.4) is 0 Å². The predicted molar refractivity (Wildman–Crippen MR) is 89.0 cm³/mol. The summed E-state index contributed by atoms with van der Waals surface area (Å²) >= 11 is 9.34. The highest BCUT2D eigenvalue weighted by molar-refractivity contribution is 9.10. The van der Waals surface area contributed by atoms with Crippen LogP contribution in [0, 0.1) is 0 Å². The SMILES string of the molecule is CC(c1cccc(Br)c1)N(CC(=O)O)c1ccc(Cl)cc1. The second-order valence-electron chi connectivity index (χ2n) is 4.73. The lowest BCUT2D eigenvalue weighted by Gasteiger charge is -2.30. The molecule has 0 saturated carbocycles. The number of halogens is 2. The topological polar surface area (TPSA) is 40.5 Å². The molecule has 1 N–H and O–H groups in total. The normalized spacial score (nSPS) is 12.0. The molecule has 110 valence electrons. The van der Waals surface area contributed by atoms with E-state index < -0.39 is 5.97 Å². The van der Waals surface area contributed by atoms with Gasteiger partial charge in [0.2, 0.25) is 0 Å². The Hall–Kier alpha value is -1.52. The van der Waals surface area contributed by atoms with Gasteiger partial charge in [0.25, 0.3) is 0 Å². The zero-order valence-corrected chi connectivity index (χ0v) is 13.8. The summed E-state index contributed by atoms with van der Waals surface area (Å²) in [4.78, 5) is 13.0. The highest BCUT2D eigenvalue weighted by Crippen LogP contribution is 2.29. The number of benzene rings is 2. The van der Waals surface area contributed by atoms with Gasteiger partial charge >= 0.3 is 5.97 Å². The van der Waals surface area contributed by atoms with Gasteiger partial charge in [-0.3, -0.25) is 4.79 Å². The van der Waals surface area contributed by atoms with Gasteiger partial charge in [0, 0.05) is 15.2 Å².